The van der Waals surface area contributed by atoms with Gasteiger partial charge in [0.05, 0.1) is 16.7 Å². The molecule has 3 nitrogen and oxygen atoms in total. The van der Waals surface area contributed by atoms with Crippen LogP contribution in [0.25, 0.3) is 0 Å². The molecule has 0 bridgehead atoms. The van der Waals surface area contributed by atoms with Gasteiger partial charge in [-0.05, 0) is 59.8 Å². The molecule has 0 radical (unpaired) electrons. The molecule has 1 heterocycles. The van der Waals surface area contributed by atoms with Gasteiger partial charge >= 0.3 is 0 Å². The van der Waals surface area contributed by atoms with E-state index in [9.17, 15) is 4.39 Å². The fraction of sp³-hybridized carbons (Fsp3) is 0.400. The zero-order valence-corrected chi connectivity index (χ0v) is 13.2. The normalized spacial score (nSPS) is 17.9. The molecule has 1 aliphatic carbocycles. The van der Waals surface area contributed by atoms with Gasteiger partial charge in [-0.25, -0.2) is 4.39 Å². The van der Waals surface area contributed by atoms with Gasteiger partial charge in [-0.15, -0.1) is 0 Å². The molecular weight excluding hydrogens is 321 g/mol. The van der Waals surface area contributed by atoms with Gasteiger partial charge < -0.3 is 5.32 Å². The number of halogens is 2. The van der Waals surface area contributed by atoms with E-state index in [-0.39, 0.29) is 11.9 Å². The molecule has 1 aromatic carbocycles. The average Bonchev–Trinajstić information content (AvgIpc) is 2.79. The van der Waals surface area contributed by atoms with E-state index in [0.29, 0.717) is 4.47 Å². The molecule has 106 valence electrons. The highest BCUT2D eigenvalue weighted by molar-refractivity contribution is 9.10. The zero-order chi connectivity index (χ0) is 14.3. The van der Waals surface area contributed by atoms with E-state index in [2.05, 4.69) is 26.3 Å². The van der Waals surface area contributed by atoms with Crippen LogP contribution in [0.1, 0.15) is 35.7 Å². The van der Waals surface area contributed by atoms with E-state index >= 15 is 0 Å². The first-order valence-electron chi connectivity index (χ1n) is 6.79. The van der Waals surface area contributed by atoms with Crippen LogP contribution in [0.2, 0.25) is 0 Å². The minimum Gasteiger partial charge on any atom is -0.378 e. The molecule has 1 N–H and O–H groups in total. The van der Waals surface area contributed by atoms with Crippen molar-refractivity contribution in [1.29, 1.82) is 0 Å². The summed E-state index contributed by atoms with van der Waals surface area (Å²) in [7, 11) is 1.99. The molecule has 2 aromatic rings. The molecule has 0 spiro atoms. The lowest BCUT2D eigenvalue weighted by atomic mass is 9.92. The van der Waals surface area contributed by atoms with Crippen LogP contribution in [0.5, 0.6) is 0 Å². The SMILES string of the molecule is Cc1cc(F)c(Br)cc1NC1CCCc2c1cnn2C. The van der Waals surface area contributed by atoms with Gasteiger partial charge in [-0.3, -0.25) is 4.68 Å². The second-order valence-corrected chi connectivity index (χ2v) is 6.19. The van der Waals surface area contributed by atoms with Crippen LogP contribution in [0, 0.1) is 12.7 Å². The lowest BCUT2D eigenvalue weighted by Gasteiger charge is -2.25. The van der Waals surface area contributed by atoms with E-state index in [4.69, 9.17) is 0 Å². The van der Waals surface area contributed by atoms with E-state index in [1.165, 1.54) is 11.3 Å². The van der Waals surface area contributed by atoms with Crippen molar-refractivity contribution in [1.82, 2.24) is 9.78 Å². The summed E-state index contributed by atoms with van der Waals surface area (Å²) < 4.78 is 15.9. The van der Waals surface area contributed by atoms with Crippen molar-refractivity contribution in [3.63, 3.8) is 0 Å². The fourth-order valence-electron chi connectivity index (χ4n) is 2.85. The predicted octanol–water partition coefficient (Wildman–Crippen LogP) is 4.12. The zero-order valence-electron chi connectivity index (χ0n) is 11.6. The Bertz CT molecular complexity index is 651. The Balaban J connectivity index is 1.91. The van der Waals surface area contributed by atoms with Gasteiger partial charge in [0.2, 0.25) is 0 Å². The quantitative estimate of drug-likeness (QED) is 0.893. The van der Waals surface area contributed by atoms with E-state index in [1.54, 1.807) is 6.07 Å². The molecule has 0 saturated carbocycles. The Morgan fingerprint density at radius 3 is 3.05 bits per heavy atom. The van der Waals surface area contributed by atoms with Crippen LogP contribution in [0.4, 0.5) is 10.1 Å². The van der Waals surface area contributed by atoms with Crippen molar-refractivity contribution in [3.8, 4) is 0 Å². The van der Waals surface area contributed by atoms with Crippen LogP contribution in [0.3, 0.4) is 0 Å². The van der Waals surface area contributed by atoms with Crippen LogP contribution < -0.4 is 5.32 Å². The molecule has 20 heavy (non-hydrogen) atoms. The van der Waals surface area contributed by atoms with Gasteiger partial charge in [0.1, 0.15) is 5.82 Å². The highest BCUT2D eigenvalue weighted by Crippen LogP contribution is 2.34. The van der Waals surface area contributed by atoms with Crippen LogP contribution >= 0.6 is 15.9 Å². The lowest BCUT2D eigenvalue weighted by Crippen LogP contribution is -2.18. The number of rotatable bonds is 2. The lowest BCUT2D eigenvalue weighted by molar-refractivity contribution is 0.570. The summed E-state index contributed by atoms with van der Waals surface area (Å²) in [6, 6.07) is 3.62. The summed E-state index contributed by atoms with van der Waals surface area (Å²) in [5.74, 6) is -0.223. The summed E-state index contributed by atoms with van der Waals surface area (Å²) in [4.78, 5) is 0. The maximum atomic E-state index is 13.5. The monoisotopic (exact) mass is 337 g/mol. The molecule has 3 rings (SSSR count). The molecule has 1 aromatic heterocycles. The van der Waals surface area contributed by atoms with E-state index < -0.39 is 0 Å². The summed E-state index contributed by atoms with van der Waals surface area (Å²) in [5, 5.41) is 7.89. The molecule has 5 heteroatoms. The highest BCUT2D eigenvalue weighted by Gasteiger charge is 2.23. The van der Waals surface area contributed by atoms with Crippen LogP contribution in [-0.4, -0.2) is 9.78 Å². The highest BCUT2D eigenvalue weighted by atomic mass is 79.9. The molecule has 1 atom stereocenters. The topological polar surface area (TPSA) is 29.9 Å². The first-order chi connectivity index (χ1) is 9.56. The van der Waals surface area contributed by atoms with Gasteiger partial charge in [0, 0.05) is 24.0 Å². The molecule has 0 saturated heterocycles. The second kappa shape index (κ2) is 5.20. The Kier molecular flexibility index (Phi) is 3.54. The minimum atomic E-state index is -0.223. The maximum Gasteiger partial charge on any atom is 0.137 e. The van der Waals surface area contributed by atoms with Crippen LogP contribution in [0.15, 0.2) is 22.8 Å². The third kappa shape index (κ3) is 2.35. The van der Waals surface area contributed by atoms with Gasteiger partial charge in [0.15, 0.2) is 0 Å². The number of aromatic nitrogens is 2. The average molecular weight is 338 g/mol. The first-order valence-corrected chi connectivity index (χ1v) is 7.58. The summed E-state index contributed by atoms with van der Waals surface area (Å²) in [6.45, 7) is 1.92. The first kappa shape index (κ1) is 13.6. The molecule has 1 unspecified atom stereocenters. The Morgan fingerprint density at radius 1 is 1.45 bits per heavy atom. The van der Waals surface area contributed by atoms with Crippen molar-refractivity contribution in [2.45, 2.75) is 32.2 Å². The molecule has 0 amide bonds. The van der Waals surface area contributed by atoms with Crippen molar-refractivity contribution >= 4 is 21.6 Å². The smallest absolute Gasteiger partial charge is 0.137 e. The molecule has 0 aliphatic heterocycles. The Morgan fingerprint density at radius 2 is 2.25 bits per heavy atom. The number of anilines is 1. The molecule has 0 fully saturated rings. The third-order valence-corrected chi connectivity index (χ3v) is 4.58. The van der Waals surface area contributed by atoms with Crippen molar-refractivity contribution in [2.75, 3.05) is 5.32 Å². The Labute approximate surface area is 126 Å². The number of hydrogen-bond donors (Lipinski definition) is 1. The summed E-state index contributed by atoms with van der Waals surface area (Å²) in [5.41, 5.74) is 4.45. The minimum absolute atomic E-state index is 0.223. The predicted molar refractivity (Wildman–Crippen MR) is 81.3 cm³/mol. The standard InChI is InChI=1S/C15H17BrFN3/c1-9-6-12(17)11(16)7-14(9)19-13-4-3-5-15-10(13)8-18-20(15)2/h6-8,13,19H,3-5H2,1-2H3. The summed E-state index contributed by atoms with van der Waals surface area (Å²) in [6.07, 6.45) is 5.24. The van der Waals surface area contributed by atoms with Crippen molar-refractivity contribution in [2.24, 2.45) is 7.05 Å². The fourth-order valence-corrected chi connectivity index (χ4v) is 3.19. The van der Waals surface area contributed by atoms with Crippen molar-refractivity contribution in [3.05, 3.63) is 45.4 Å². The Hall–Kier alpha value is -1.36. The largest absolute Gasteiger partial charge is 0.378 e. The third-order valence-electron chi connectivity index (χ3n) is 3.97. The van der Waals surface area contributed by atoms with E-state index in [0.717, 1.165) is 30.5 Å². The second-order valence-electron chi connectivity index (χ2n) is 5.34. The number of fused-ring (bicyclic) bond motifs is 1. The molecule has 1 aliphatic rings. The van der Waals surface area contributed by atoms with Crippen molar-refractivity contribution < 1.29 is 4.39 Å². The number of aryl methyl sites for hydroxylation is 2. The number of benzene rings is 1. The number of nitrogens with zero attached hydrogens (tertiary/aromatic N) is 2. The summed E-state index contributed by atoms with van der Waals surface area (Å²) >= 11 is 3.25. The van der Waals surface area contributed by atoms with Gasteiger partial charge in [-0.1, -0.05) is 0 Å². The van der Waals surface area contributed by atoms with Gasteiger partial charge in [-0.2, -0.15) is 5.10 Å². The number of nitrogens with one attached hydrogen (secondary N) is 1. The maximum absolute atomic E-state index is 13.5. The van der Waals surface area contributed by atoms with E-state index in [1.807, 2.05) is 30.9 Å². The number of hydrogen-bond acceptors (Lipinski definition) is 2. The molecular formula is C15H17BrFN3. The van der Waals surface area contributed by atoms with Crippen LogP contribution in [-0.2, 0) is 13.5 Å². The van der Waals surface area contributed by atoms with Gasteiger partial charge in [0.25, 0.3) is 0 Å².